The molecular weight excluding hydrogens is 407 g/mol. The van der Waals surface area contributed by atoms with E-state index in [1.807, 2.05) is 38.1 Å². The minimum absolute atomic E-state index is 0. The largest absolute Gasteiger partial charge is 0.471 e. The van der Waals surface area contributed by atoms with Crippen molar-refractivity contribution in [1.82, 2.24) is 15.4 Å². The molecule has 1 N–H and O–H groups in total. The molecule has 2 unspecified atom stereocenters. The van der Waals surface area contributed by atoms with Crippen molar-refractivity contribution in [1.29, 1.82) is 0 Å². The van der Waals surface area contributed by atoms with Crippen LogP contribution >= 0.6 is 12.4 Å². The minimum atomic E-state index is -4.84. The zero-order valence-electron chi connectivity index (χ0n) is 16.1. The average Bonchev–Trinajstić information content (AvgIpc) is 3.32. The number of amides is 1. The standard InChI is InChI=1S/C20H22F3N3O2.ClH/c1-11-18(12(2)28-25-11)15-5-3-14(4-6-15)16-7-17(16)26(10-13-8-24-9-13)19(27)20(21,22)23;/h3-6,13,16-17,24H,7-10H2,1-2H3;1H. The van der Waals surface area contributed by atoms with Gasteiger partial charge in [-0.05, 0) is 31.4 Å². The molecule has 4 rings (SSSR count). The summed E-state index contributed by atoms with van der Waals surface area (Å²) in [7, 11) is 0. The van der Waals surface area contributed by atoms with Crippen LogP contribution in [0.3, 0.4) is 0 Å². The van der Waals surface area contributed by atoms with Crippen molar-refractivity contribution >= 4 is 18.3 Å². The summed E-state index contributed by atoms with van der Waals surface area (Å²) in [5.41, 5.74) is 3.64. The molecule has 0 radical (unpaired) electrons. The highest BCUT2D eigenvalue weighted by atomic mass is 35.5. The second kappa shape index (κ2) is 7.99. The molecule has 1 aliphatic heterocycles. The molecular formula is C20H23ClF3N3O2. The van der Waals surface area contributed by atoms with E-state index in [0.717, 1.165) is 33.0 Å². The van der Waals surface area contributed by atoms with Gasteiger partial charge >= 0.3 is 12.1 Å². The normalized spacial score (nSPS) is 21.3. The fourth-order valence-corrected chi connectivity index (χ4v) is 3.96. The molecule has 2 heterocycles. The lowest BCUT2D eigenvalue weighted by Crippen LogP contribution is -2.52. The topological polar surface area (TPSA) is 58.4 Å². The Hall–Kier alpha value is -2.06. The van der Waals surface area contributed by atoms with E-state index in [1.165, 1.54) is 0 Å². The Balaban J connectivity index is 0.00000240. The van der Waals surface area contributed by atoms with E-state index in [9.17, 15) is 18.0 Å². The second-order valence-corrected chi connectivity index (χ2v) is 7.71. The summed E-state index contributed by atoms with van der Waals surface area (Å²) in [4.78, 5) is 13.0. The quantitative estimate of drug-likeness (QED) is 0.784. The van der Waals surface area contributed by atoms with E-state index in [4.69, 9.17) is 4.52 Å². The Morgan fingerprint density at radius 1 is 1.24 bits per heavy atom. The highest BCUT2D eigenvalue weighted by molar-refractivity contribution is 5.85. The molecule has 0 bridgehead atoms. The summed E-state index contributed by atoms with van der Waals surface area (Å²) in [5.74, 6) is -0.961. The highest BCUT2D eigenvalue weighted by Crippen LogP contribution is 2.46. The molecule has 2 fully saturated rings. The van der Waals surface area contributed by atoms with Gasteiger partial charge in [0.15, 0.2) is 0 Å². The minimum Gasteiger partial charge on any atom is -0.361 e. The molecule has 1 aromatic heterocycles. The predicted molar refractivity (Wildman–Crippen MR) is 104 cm³/mol. The molecule has 2 aromatic rings. The van der Waals surface area contributed by atoms with Crippen LogP contribution in [0.15, 0.2) is 28.8 Å². The van der Waals surface area contributed by atoms with Crippen LogP contribution in [0.25, 0.3) is 11.1 Å². The first-order chi connectivity index (χ1) is 13.3. The number of nitrogens with zero attached hydrogens (tertiary/aromatic N) is 2. The van der Waals surface area contributed by atoms with Crippen LogP contribution in [0.1, 0.15) is 29.4 Å². The molecule has 2 aliphatic rings. The first-order valence-electron chi connectivity index (χ1n) is 9.37. The number of carbonyl (C=O) groups is 1. The summed E-state index contributed by atoms with van der Waals surface area (Å²) >= 11 is 0. The molecule has 1 saturated heterocycles. The lowest BCUT2D eigenvalue weighted by molar-refractivity contribution is -0.187. The van der Waals surface area contributed by atoms with Gasteiger partial charge in [0.2, 0.25) is 0 Å². The molecule has 0 spiro atoms. The van der Waals surface area contributed by atoms with E-state index in [2.05, 4.69) is 10.5 Å². The van der Waals surface area contributed by atoms with Crippen LogP contribution in [-0.2, 0) is 4.79 Å². The number of hydrogen-bond acceptors (Lipinski definition) is 4. The number of rotatable bonds is 5. The van der Waals surface area contributed by atoms with E-state index in [-0.39, 0.29) is 36.8 Å². The van der Waals surface area contributed by atoms with Crippen molar-refractivity contribution in [2.75, 3.05) is 19.6 Å². The van der Waals surface area contributed by atoms with E-state index in [1.54, 1.807) is 0 Å². The molecule has 9 heteroatoms. The maximum atomic E-state index is 13.1. The zero-order chi connectivity index (χ0) is 20.1. The monoisotopic (exact) mass is 429 g/mol. The number of benzene rings is 1. The van der Waals surface area contributed by atoms with Gasteiger partial charge in [-0.2, -0.15) is 13.2 Å². The molecule has 29 heavy (non-hydrogen) atoms. The number of aromatic nitrogens is 1. The first-order valence-corrected chi connectivity index (χ1v) is 9.37. The zero-order valence-corrected chi connectivity index (χ0v) is 16.9. The summed E-state index contributed by atoms with van der Waals surface area (Å²) in [6.07, 6.45) is -4.27. The third-order valence-electron chi connectivity index (χ3n) is 5.64. The second-order valence-electron chi connectivity index (χ2n) is 7.71. The van der Waals surface area contributed by atoms with Crippen molar-refractivity contribution in [3.8, 4) is 11.1 Å². The Bertz CT molecular complexity index is 859. The Morgan fingerprint density at radius 3 is 2.38 bits per heavy atom. The lowest BCUT2D eigenvalue weighted by Gasteiger charge is -2.34. The van der Waals surface area contributed by atoms with Crippen LogP contribution in [-0.4, -0.2) is 47.8 Å². The highest BCUT2D eigenvalue weighted by Gasteiger charge is 2.52. The fourth-order valence-electron chi connectivity index (χ4n) is 3.96. The molecule has 1 saturated carbocycles. The Morgan fingerprint density at radius 2 is 1.90 bits per heavy atom. The molecule has 1 amide bonds. The van der Waals surface area contributed by atoms with Gasteiger partial charge in [-0.1, -0.05) is 29.4 Å². The fraction of sp³-hybridized carbons (Fsp3) is 0.500. The van der Waals surface area contributed by atoms with Gasteiger partial charge in [0.25, 0.3) is 0 Å². The number of nitrogens with one attached hydrogen (secondary N) is 1. The smallest absolute Gasteiger partial charge is 0.361 e. The van der Waals surface area contributed by atoms with Crippen molar-refractivity contribution in [2.24, 2.45) is 5.92 Å². The van der Waals surface area contributed by atoms with Gasteiger partial charge in [-0.3, -0.25) is 4.79 Å². The van der Waals surface area contributed by atoms with Gasteiger partial charge in [-0.15, -0.1) is 12.4 Å². The van der Waals surface area contributed by atoms with Crippen LogP contribution in [0.5, 0.6) is 0 Å². The van der Waals surface area contributed by atoms with E-state index in [0.29, 0.717) is 19.5 Å². The molecule has 1 aromatic carbocycles. The summed E-state index contributed by atoms with van der Waals surface area (Å²) in [6, 6.07) is 7.33. The number of halogens is 4. The molecule has 2 atom stereocenters. The molecule has 158 valence electrons. The number of alkyl halides is 3. The van der Waals surface area contributed by atoms with Crippen molar-refractivity contribution < 1.29 is 22.5 Å². The van der Waals surface area contributed by atoms with Crippen LogP contribution in [0.2, 0.25) is 0 Å². The van der Waals surface area contributed by atoms with Gasteiger partial charge in [0.1, 0.15) is 5.76 Å². The van der Waals surface area contributed by atoms with E-state index >= 15 is 0 Å². The maximum Gasteiger partial charge on any atom is 0.471 e. The van der Waals surface area contributed by atoms with Crippen molar-refractivity contribution in [3.63, 3.8) is 0 Å². The van der Waals surface area contributed by atoms with Crippen molar-refractivity contribution in [2.45, 2.75) is 38.4 Å². The third-order valence-corrected chi connectivity index (χ3v) is 5.64. The molecule has 1 aliphatic carbocycles. The average molecular weight is 430 g/mol. The van der Waals surface area contributed by atoms with Gasteiger partial charge in [0.05, 0.1) is 5.69 Å². The van der Waals surface area contributed by atoms with E-state index < -0.39 is 12.1 Å². The Kier molecular flexibility index (Phi) is 5.96. The van der Waals surface area contributed by atoms with Gasteiger partial charge in [-0.25, -0.2) is 0 Å². The predicted octanol–water partition coefficient (Wildman–Crippen LogP) is 3.85. The number of carbonyl (C=O) groups excluding carboxylic acids is 1. The Labute approximate surface area is 173 Å². The summed E-state index contributed by atoms with van der Waals surface area (Å²) in [6.45, 7) is 5.18. The lowest BCUT2D eigenvalue weighted by atomic mass is 10.0. The van der Waals surface area contributed by atoms with Gasteiger partial charge < -0.3 is 14.7 Å². The van der Waals surface area contributed by atoms with Crippen molar-refractivity contribution in [3.05, 3.63) is 41.3 Å². The first kappa shape index (κ1) is 21.6. The molecule has 5 nitrogen and oxygen atoms in total. The summed E-state index contributed by atoms with van der Waals surface area (Å²) in [5, 5.41) is 6.99. The van der Waals surface area contributed by atoms with Gasteiger partial charge in [0, 0.05) is 43.1 Å². The van der Waals surface area contributed by atoms with Crippen LogP contribution in [0.4, 0.5) is 13.2 Å². The summed E-state index contributed by atoms with van der Waals surface area (Å²) < 4.78 is 44.4. The number of hydrogen-bond donors (Lipinski definition) is 1. The SMILES string of the molecule is Cc1noc(C)c1-c1ccc(C2CC2N(CC2CNC2)C(=O)C(F)(F)F)cc1.Cl. The van der Waals surface area contributed by atoms with Crippen LogP contribution < -0.4 is 5.32 Å². The maximum absolute atomic E-state index is 13.1. The third kappa shape index (κ3) is 4.28. The number of aryl methyl sites for hydroxylation is 2. The van der Waals surface area contributed by atoms with Crippen LogP contribution in [0, 0.1) is 19.8 Å².